The number of carboxylic acids is 1. The summed E-state index contributed by atoms with van der Waals surface area (Å²) >= 11 is 5.77. The molecule has 0 spiro atoms. The summed E-state index contributed by atoms with van der Waals surface area (Å²) in [5, 5.41) is 14.1. The third kappa shape index (κ3) is 7.56. The Labute approximate surface area is 152 Å². The van der Waals surface area contributed by atoms with Gasteiger partial charge in [0.25, 0.3) is 5.91 Å². The minimum atomic E-state index is -0.800. The Morgan fingerprint density at radius 3 is 2.28 bits per heavy atom. The summed E-state index contributed by atoms with van der Waals surface area (Å²) in [6.07, 6.45) is 2.26. The van der Waals surface area contributed by atoms with E-state index in [-0.39, 0.29) is 24.1 Å². The lowest BCUT2D eigenvalue weighted by atomic mass is 9.95. The fourth-order valence-corrected chi connectivity index (χ4v) is 2.07. The van der Waals surface area contributed by atoms with E-state index in [1.807, 2.05) is 0 Å². The Morgan fingerprint density at radius 1 is 1.08 bits per heavy atom. The molecule has 0 bridgehead atoms. The molecular weight excluding hydrogens is 344 g/mol. The second-order valence-electron chi connectivity index (χ2n) is 6.51. The van der Waals surface area contributed by atoms with Crippen LogP contribution in [0.5, 0.6) is 0 Å². The zero-order valence-corrected chi connectivity index (χ0v) is 15.4. The number of benzene rings is 1. The van der Waals surface area contributed by atoms with E-state index in [0.717, 1.165) is 12.8 Å². The standard InChI is InChI=1S/C18H25ClN2O4/c1-18(2,12-19)17(25)21-14-9-7-13(8-10-14)16(24)20-11-5-3-4-6-15(22)23/h7-10H,3-6,11-12H2,1-2H3,(H,20,24)(H,21,25)(H,22,23). The molecule has 3 N–H and O–H groups in total. The molecule has 138 valence electrons. The Kier molecular flexibility index (Phi) is 8.41. The van der Waals surface area contributed by atoms with Crippen molar-refractivity contribution in [2.75, 3.05) is 17.7 Å². The molecule has 0 aliphatic heterocycles. The molecule has 25 heavy (non-hydrogen) atoms. The van der Waals surface area contributed by atoms with Crippen LogP contribution in [0.4, 0.5) is 5.69 Å². The molecule has 0 aromatic heterocycles. The van der Waals surface area contributed by atoms with Crippen molar-refractivity contribution < 1.29 is 19.5 Å². The normalized spacial score (nSPS) is 11.0. The van der Waals surface area contributed by atoms with Crippen molar-refractivity contribution in [2.45, 2.75) is 39.5 Å². The predicted octanol–water partition coefficient (Wildman–Crippen LogP) is 3.26. The van der Waals surface area contributed by atoms with Crippen LogP contribution in [-0.4, -0.2) is 35.3 Å². The minimum absolute atomic E-state index is 0.154. The first-order valence-corrected chi connectivity index (χ1v) is 8.77. The number of alkyl halides is 1. The van der Waals surface area contributed by atoms with Gasteiger partial charge >= 0.3 is 5.97 Å². The van der Waals surface area contributed by atoms with Crippen molar-refractivity contribution in [3.63, 3.8) is 0 Å². The van der Waals surface area contributed by atoms with E-state index in [4.69, 9.17) is 16.7 Å². The average molecular weight is 369 g/mol. The van der Waals surface area contributed by atoms with Gasteiger partial charge in [-0.3, -0.25) is 14.4 Å². The van der Waals surface area contributed by atoms with Crippen molar-refractivity contribution in [1.29, 1.82) is 0 Å². The van der Waals surface area contributed by atoms with Gasteiger partial charge in [-0.2, -0.15) is 0 Å². The third-order valence-electron chi connectivity index (χ3n) is 3.71. The Bertz CT molecular complexity index is 600. The number of carboxylic acid groups (broad SMARTS) is 1. The van der Waals surface area contributed by atoms with E-state index in [1.54, 1.807) is 38.1 Å². The molecule has 0 unspecified atom stereocenters. The summed E-state index contributed by atoms with van der Waals surface area (Å²) < 4.78 is 0. The highest BCUT2D eigenvalue weighted by Crippen LogP contribution is 2.20. The van der Waals surface area contributed by atoms with Crippen LogP contribution in [0.1, 0.15) is 49.9 Å². The largest absolute Gasteiger partial charge is 0.481 e. The molecule has 7 heteroatoms. The molecule has 0 aliphatic carbocycles. The van der Waals surface area contributed by atoms with Gasteiger partial charge in [0, 0.05) is 30.1 Å². The topological polar surface area (TPSA) is 95.5 Å². The Morgan fingerprint density at radius 2 is 1.72 bits per heavy atom. The number of rotatable bonds is 10. The molecular formula is C18H25ClN2O4. The number of nitrogens with one attached hydrogen (secondary N) is 2. The molecule has 6 nitrogen and oxygen atoms in total. The molecule has 0 fully saturated rings. The van der Waals surface area contributed by atoms with Crippen molar-refractivity contribution in [2.24, 2.45) is 5.41 Å². The molecule has 0 atom stereocenters. The quantitative estimate of drug-likeness (QED) is 0.436. The lowest BCUT2D eigenvalue weighted by Crippen LogP contribution is -2.32. The van der Waals surface area contributed by atoms with Gasteiger partial charge in [0.15, 0.2) is 0 Å². The van der Waals surface area contributed by atoms with Crippen LogP contribution in [0, 0.1) is 5.41 Å². The monoisotopic (exact) mass is 368 g/mol. The number of hydrogen-bond donors (Lipinski definition) is 3. The van der Waals surface area contributed by atoms with Gasteiger partial charge < -0.3 is 15.7 Å². The van der Waals surface area contributed by atoms with Gasteiger partial charge in [0.05, 0.1) is 5.41 Å². The van der Waals surface area contributed by atoms with E-state index in [1.165, 1.54) is 0 Å². The van der Waals surface area contributed by atoms with E-state index in [2.05, 4.69) is 10.6 Å². The third-order valence-corrected chi connectivity index (χ3v) is 4.37. The van der Waals surface area contributed by atoms with Gasteiger partial charge in [0.2, 0.25) is 5.91 Å². The van der Waals surface area contributed by atoms with E-state index in [9.17, 15) is 14.4 Å². The fourth-order valence-electron chi connectivity index (χ4n) is 1.95. The van der Waals surface area contributed by atoms with Crippen LogP contribution in [-0.2, 0) is 9.59 Å². The van der Waals surface area contributed by atoms with Gasteiger partial charge in [-0.1, -0.05) is 6.42 Å². The number of anilines is 1. The lowest BCUT2D eigenvalue weighted by Gasteiger charge is -2.20. The Hall–Kier alpha value is -2.08. The van der Waals surface area contributed by atoms with Crippen LogP contribution in [0.2, 0.25) is 0 Å². The maximum atomic E-state index is 12.0. The number of aliphatic carboxylic acids is 1. The van der Waals surface area contributed by atoms with E-state index >= 15 is 0 Å². The maximum absolute atomic E-state index is 12.0. The van der Waals surface area contributed by atoms with Crippen molar-refractivity contribution in [3.8, 4) is 0 Å². The minimum Gasteiger partial charge on any atom is -0.481 e. The van der Waals surface area contributed by atoms with Gasteiger partial charge in [-0.25, -0.2) is 0 Å². The highest BCUT2D eigenvalue weighted by molar-refractivity contribution is 6.20. The van der Waals surface area contributed by atoms with Gasteiger partial charge in [-0.05, 0) is 51.0 Å². The summed E-state index contributed by atoms with van der Waals surface area (Å²) in [6, 6.07) is 6.63. The molecule has 0 radical (unpaired) electrons. The maximum Gasteiger partial charge on any atom is 0.303 e. The number of amides is 2. The van der Waals surface area contributed by atoms with Crippen molar-refractivity contribution in [3.05, 3.63) is 29.8 Å². The van der Waals surface area contributed by atoms with Crippen LogP contribution in [0.25, 0.3) is 0 Å². The first-order chi connectivity index (χ1) is 11.8. The first-order valence-electron chi connectivity index (χ1n) is 8.24. The first kappa shape index (κ1) is 21.0. The molecule has 1 aromatic carbocycles. The van der Waals surface area contributed by atoms with Crippen molar-refractivity contribution in [1.82, 2.24) is 5.32 Å². The number of carbonyl (C=O) groups is 3. The van der Waals surface area contributed by atoms with Crippen LogP contribution in [0.15, 0.2) is 24.3 Å². The molecule has 0 saturated carbocycles. The molecule has 0 aliphatic rings. The second-order valence-corrected chi connectivity index (χ2v) is 6.78. The van der Waals surface area contributed by atoms with Crippen LogP contribution >= 0.6 is 11.6 Å². The number of carbonyl (C=O) groups excluding carboxylic acids is 2. The summed E-state index contributed by atoms with van der Waals surface area (Å²) in [4.78, 5) is 34.4. The van der Waals surface area contributed by atoms with Crippen LogP contribution in [0.3, 0.4) is 0 Å². The van der Waals surface area contributed by atoms with E-state index < -0.39 is 11.4 Å². The summed E-state index contributed by atoms with van der Waals surface area (Å²) in [5.74, 6) is -0.963. The highest BCUT2D eigenvalue weighted by Gasteiger charge is 2.26. The summed E-state index contributed by atoms with van der Waals surface area (Å²) in [7, 11) is 0. The smallest absolute Gasteiger partial charge is 0.303 e. The number of unbranched alkanes of at least 4 members (excludes halogenated alkanes) is 2. The average Bonchev–Trinajstić information content (AvgIpc) is 2.58. The molecule has 0 saturated heterocycles. The zero-order chi connectivity index (χ0) is 18.9. The van der Waals surface area contributed by atoms with Gasteiger partial charge in [-0.15, -0.1) is 11.6 Å². The highest BCUT2D eigenvalue weighted by atomic mass is 35.5. The molecule has 1 aromatic rings. The molecule has 0 heterocycles. The summed E-state index contributed by atoms with van der Waals surface area (Å²) in [6.45, 7) is 4.02. The lowest BCUT2D eigenvalue weighted by molar-refractivity contribution is -0.137. The molecule has 2 amide bonds. The zero-order valence-electron chi connectivity index (χ0n) is 14.6. The fraction of sp³-hybridized carbons (Fsp3) is 0.500. The predicted molar refractivity (Wildman–Crippen MR) is 98.0 cm³/mol. The van der Waals surface area contributed by atoms with Crippen molar-refractivity contribution >= 4 is 35.1 Å². The SMILES string of the molecule is CC(C)(CCl)C(=O)Nc1ccc(C(=O)NCCCCCC(=O)O)cc1. The van der Waals surface area contributed by atoms with E-state index in [0.29, 0.717) is 24.2 Å². The van der Waals surface area contributed by atoms with Crippen LogP contribution < -0.4 is 10.6 Å². The number of hydrogen-bond acceptors (Lipinski definition) is 3. The second kappa shape index (κ2) is 10.0. The number of halogens is 1. The molecule has 1 rings (SSSR count). The Balaban J connectivity index is 2.41. The summed E-state index contributed by atoms with van der Waals surface area (Å²) in [5.41, 5.74) is 0.437. The van der Waals surface area contributed by atoms with Gasteiger partial charge in [0.1, 0.15) is 0 Å².